The molecule has 1 aromatic rings. The van der Waals surface area contributed by atoms with E-state index in [0.717, 1.165) is 35.7 Å². The fourth-order valence-corrected chi connectivity index (χ4v) is 4.70. The van der Waals surface area contributed by atoms with Gasteiger partial charge >= 0.3 is 0 Å². The third-order valence-corrected chi connectivity index (χ3v) is 6.56. The topological polar surface area (TPSA) is 38.8 Å². The van der Waals surface area contributed by atoms with Crippen LogP contribution in [0.5, 0.6) is 11.5 Å². The summed E-state index contributed by atoms with van der Waals surface area (Å²) in [6.45, 7) is 2.74. The summed E-state index contributed by atoms with van der Waals surface area (Å²) in [5.41, 5.74) is 1.03. The number of hydrogen-bond donors (Lipinski definition) is 0. The molecule has 1 heterocycles. The van der Waals surface area contributed by atoms with Crippen molar-refractivity contribution in [3.05, 3.63) is 23.8 Å². The van der Waals surface area contributed by atoms with Gasteiger partial charge in [0.1, 0.15) is 11.5 Å². The number of rotatable bonds is 4. The highest BCUT2D eigenvalue weighted by atomic mass is 32.2. The molecule has 0 aromatic heterocycles. The molecule has 2 aliphatic rings. The minimum absolute atomic E-state index is 0.133. The molecule has 0 radical (unpaired) electrons. The van der Waals surface area contributed by atoms with E-state index < -0.39 is 0 Å². The average molecular weight is 321 g/mol. The summed E-state index contributed by atoms with van der Waals surface area (Å²) < 4.78 is 10.6. The first-order valence-electron chi connectivity index (χ1n) is 7.75. The van der Waals surface area contributed by atoms with Crippen molar-refractivity contribution in [2.24, 2.45) is 0 Å². The van der Waals surface area contributed by atoms with E-state index in [0.29, 0.717) is 12.5 Å². The smallest absolute Gasteiger partial charge is 0.239 e. The SMILES string of the molecule is COc1ccc(CN2C(=O)C3(CCC3)SCC2C)c(OC)c1. The highest BCUT2D eigenvalue weighted by Crippen LogP contribution is 2.49. The summed E-state index contributed by atoms with van der Waals surface area (Å²) in [5, 5.41) is 0. The Balaban J connectivity index is 1.83. The zero-order chi connectivity index (χ0) is 15.7. The first-order valence-corrected chi connectivity index (χ1v) is 8.74. The number of nitrogens with zero attached hydrogens (tertiary/aromatic N) is 1. The van der Waals surface area contributed by atoms with E-state index in [-0.39, 0.29) is 10.8 Å². The highest BCUT2D eigenvalue weighted by molar-refractivity contribution is 8.01. The number of benzene rings is 1. The van der Waals surface area contributed by atoms with Crippen molar-refractivity contribution in [3.8, 4) is 11.5 Å². The van der Waals surface area contributed by atoms with E-state index in [1.165, 1.54) is 6.42 Å². The molecule has 5 heteroatoms. The van der Waals surface area contributed by atoms with E-state index >= 15 is 0 Å². The second-order valence-corrected chi connectivity index (χ2v) is 7.52. The van der Waals surface area contributed by atoms with Gasteiger partial charge in [-0.3, -0.25) is 4.79 Å². The van der Waals surface area contributed by atoms with Crippen molar-refractivity contribution in [1.82, 2.24) is 4.90 Å². The number of hydrogen-bond acceptors (Lipinski definition) is 4. The van der Waals surface area contributed by atoms with Gasteiger partial charge in [-0.2, -0.15) is 0 Å². The molecule has 1 aromatic carbocycles. The van der Waals surface area contributed by atoms with E-state index in [4.69, 9.17) is 9.47 Å². The van der Waals surface area contributed by atoms with Gasteiger partial charge < -0.3 is 14.4 Å². The van der Waals surface area contributed by atoms with Gasteiger partial charge in [0.25, 0.3) is 0 Å². The van der Waals surface area contributed by atoms with Crippen LogP contribution in [0, 0.1) is 0 Å². The van der Waals surface area contributed by atoms with Crippen LogP contribution in [0.15, 0.2) is 18.2 Å². The zero-order valence-corrected chi connectivity index (χ0v) is 14.2. The molecule has 1 unspecified atom stereocenters. The second-order valence-electron chi connectivity index (χ2n) is 6.12. The third kappa shape index (κ3) is 2.56. The van der Waals surface area contributed by atoms with Gasteiger partial charge in [0.05, 0.1) is 19.0 Å². The molecule has 0 bridgehead atoms. The summed E-state index contributed by atoms with van der Waals surface area (Å²) in [6, 6.07) is 6.05. The first-order chi connectivity index (χ1) is 10.6. The minimum Gasteiger partial charge on any atom is -0.497 e. The fourth-order valence-electron chi connectivity index (χ4n) is 3.14. The molecule has 1 spiro atoms. The summed E-state index contributed by atoms with van der Waals surface area (Å²) in [4.78, 5) is 14.9. The lowest BCUT2D eigenvalue weighted by Gasteiger charge is -2.49. The van der Waals surface area contributed by atoms with Crippen LogP contribution in [0.25, 0.3) is 0 Å². The largest absolute Gasteiger partial charge is 0.497 e. The predicted octanol–water partition coefficient (Wildman–Crippen LogP) is 3.09. The maximum atomic E-state index is 12.9. The Morgan fingerprint density at radius 1 is 1.32 bits per heavy atom. The van der Waals surface area contributed by atoms with Crippen LogP contribution >= 0.6 is 11.8 Å². The molecule has 1 amide bonds. The average Bonchev–Trinajstić information content (AvgIpc) is 2.50. The van der Waals surface area contributed by atoms with Crippen LogP contribution in [0.2, 0.25) is 0 Å². The Bertz CT molecular complexity index is 571. The molecule has 1 saturated heterocycles. The van der Waals surface area contributed by atoms with E-state index in [9.17, 15) is 4.79 Å². The van der Waals surface area contributed by atoms with Crippen molar-refractivity contribution in [3.63, 3.8) is 0 Å². The van der Waals surface area contributed by atoms with Crippen LogP contribution in [-0.4, -0.2) is 41.6 Å². The highest BCUT2D eigenvalue weighted by Gasteiger charge is 2.50. The van der Waals surface area contributed by atoms with Crippen LogP contribution in [0.1, 0.15) is 31.7 Å². The molecule has 22 heavy (non-hydrogen) atoms. The summed E-state index contributed by atoms with van der Waals surface area (Å²) in [7, 11) is 3.30. The molecule has 4 nitrogen and oxygen atoms in total. The normalized spacial score (nSPS) is 23.3. The standard InChI is InChI=1S/C17H23NO3S/c1-12-11-22-17(7-4-8-17)16(19)18(12)10-13-5-6-14(20-2)9-15(13)21-3/h5-6,9,12H,4,7-8,10-11H2,1-3H3. The lowest BCUT2D eigenvalue weighted by Crippen LogP contribution is -2.58. The molecule has 1 atom stereocenters. The molecule has 1 saturated carbocycles. The quantitative estimate of drug-likeness (QED) is 0.854. The monoisotopic (exact) mass is 321 g/mol. The summed E-state index contributed by atoms with van der Waals surface area (Å²) in [5.74, 6) is 2.87. The Morgan fingerprint density at radius 3 is 2.68 bits per heavy atom. The summed E-state index contributed by atoms with van der Waals surface area (Å²) in [6.07, 6.45) is 3.23. The van der Waals surface area contributed by atoms with Gasteiger partial charge in [-0.1, -0.05) is 0 Å². The Hall–Kier alpha value is -1.36. The molecule has 1 aliphatic carbocycles. The van der Waals surface area contributed by atoms with Crippen LogP contribution in [-0.2, 0) is 11.3 Å². The van der Waals surface area contributed by atoms with Crippen LogP contribution in [0.3, 0.4) is 0 Å². The van der Waals surface area contributed by atoms with Crippen LogP contribution < -0.4 is 9.47 Å². The molecular weight excluding hydrogens is 298 g/mol. The van der Waals surface area contributed by atoms with Gasteiger partial charge in [0.15, 0.2) is 0 Å². The molecule has 3 rings (SSSR count). The van der Waals surface area contributed by atoms with Gasteiger partial charge in [-0.15, -0.1) is 11.8 Å². The van der Waals surface area contributed by atoms with E-state index in [2.05, 4.69) is 6.92 Å². The Labute approximate surface area is 136 Å². The zero-order valence-electron chi connectivity index (χ0n) is 13.4. The van der Waals surface area contributed by atoms with Crippen molar-refractivity contribution in [2.45, 2.75) is 43.5 Å². The molecular formula is C17H23NO3S. The second kappa shape index (κ2) is 6.03. The van der Waals surface area contributed by atoms with Crippen molar-refractivity contribution in [1.29, 1.82) is 0 Å². The van der Waals surface area contributed by atoms with Crippen molar-refractivity contribution in [2.75, 3.05) is 20.0 Å². The Morgan fingerprint density at radius 2 is 2.09 bits per heavy atom. The van der Waals surface area contributed by atoms with E-state index in [1.54, 1.807) is 14.2 Å². The van der Waals surface area contributed by atoms with Gasteiger partial charge in [0, 0.05) is 30.0 Å². The number of ether oxygens (including phenoxy) is 2. The third-order valence-electron chi connectivity index (χ3n) is 4.78. The maximum absolute atomic E-state index is 12.9. The van der Waals surface area contributed by atoms with E-state index in [1.807, 2.05) is 34.9 Å². The number of thioether (sulfide) groups is 1. The molecule has 120 valence electrons. The predicted molar refractivity (Wildman–Crippen MR) is 88.6 cm³/mol. The fraction of sp³-hybridized carbons (Fsp3) is 0.588. The minimum atomic E-state index is -0.133. The molecule has 1 aliphatic heterocycles. The van der Waals surface area contributed by atoms with Crippen molar-refractivity contribution >= 4 is 17.7 Å². The van der Waals surface area contributed by atoms with Crippen LogP contribution in [0.4, 0.5) is 0 Å². The number of carbonyl (C=O) groups excluding carboxylic acids is 1. The summed E-state index contributed by atoms with van der Waals surface area (Å²) >= 11 is 1.86. The number of amides is 1. The number of carbonyl (C=O) groups is 1. The van der Waals surface area contributed by atoms with Gasteiger partial charge in [0.2, 0.25) is 5.91 Å². The number of methoxy groups -OCH3 is 2. The lowest BCUT2D eigenvalue weighted by molar-refractivity contribution is -0.139. The molecule has 0 N–H and O–H groups in total. The lowest BCUT2D eigenvalue weighted by atomic mass is 9.82. The first kappa shape index (κ1) is 15.5. The van der Waals surface area contributed by atoms with Gasteiger partial charge in [-0.05, 0) is 38.3 Å². The van der Waals surface area contributed by atoms with Gasteiger partial charge in [-0.25, -0.2) is 0 Å². The maximum Gasteiger partial charge on any atom is 0.239 e. The van der Waals surface area contributed by atoms with Crippen molar-refractivity contribution < 1.29 is 14.3 Å². The Kier molecular flexibility index (Phi) is 4.26. The molecule has 2 fully saturated rings.